The molecule has 37 heavy (non-hydrogen) atoms. The van der Waals surface area contributed by atoms with Crippen molar-refractivity contribution >= 4 is 12.1 Å². The van der Waals surface area contributed by atoms with Crippen LogP contribution in [0.2, 0.25) is 0 Å². The molecule has 0 bridgehead atoms. The van der Waals surface area contributed by atoms with Crippen LogP contribution in [0.15, 0.2) is 108 Å². The normalized spacial score (nSPS) is 10.7. The van der Waals surface area contributed by atoms with Crippen molar-refractivity contribution in [2.45, 2.75) is 19.8 Å². The average Bonchev–Trinajstić information content (AvgIpc) is 2.94. The summed E-state index contributed by atoms with van der Waals surface area (Å²) in [5, 5.41) is 6.60. The van der Waals surface area contributed by atoms with Gasteiger partial charge in [-0.15, -0.1) is 0 Å². The lowest BCUT2D eigenvalue weighted by molar-refractivity contribution is -0.125. The minimum absolute atomic E-state index is 0.243. The molecular formula is C30H27FN2O4. The van der Waals surface area contributed by atoms with Crippen LogP contribution in [0.1, 0.15) is 22.3 Å². The number of nitrogens with one attached hydrogen (secondary N) is 1. The third-order valence-corrected chi connectivity index (χ3v) is 5.32. The second kappa shape index (κ2) is 13.4. The van der Waals surface area contributed by atoms with E-state index in [2.05, 4.69) is 10.5 Å². The van der Waals surface area contributed by atoms with Crippen LogP contribution in [0, 0.1) is 5.82 Å². The van der Waals surface area contributed by atoms with Crippen molar-refractivity contribution in [1.29, 1.82) is 0 Å². The van der Waals surface area contributed by atoms with Crippen LogP contribution in [0.3, 0.4) is 0 Å². The summed E-state index contributed by atoms with van der Waals surface area (Å²) in [5.41, 5.74) is 3.59. The first kappa shape index (κ1) is 25.4. The fourth-order valence-corrected chi connectivity index (χ4v) is 3.36. The lowest BCUT2D eigenvalue weighted by atomic mass is 10.2. The van der Waals surface area contributed by atoms with E-state index in [9.17, 15) is 9.18 Å². The molecule has 4 aromatic rings. The van der Waals surface area contributed by atoms with Crippen LogP contribution in [0.4, 0.5) is 4.39 Å². The van der Waals surface area contributed by atoms with Gasteiger partial charge < -0.3 is 19.6 Å². The molecule has 0 aliphatic rings. The molecule has 0 saturated heterocycles. The third kappa shape index (κ3) is 8.50. The SMILES string of the molecule is O=C(CO/N=C\c1ccc(OCc2ccccc2)c(OCc2ccccc2)c1)NCc1ccc(F)cc1. The molecule has 0 radical (unpaired) electrons. The van der Waals surface area contributed by atoms with E-state index in [1.165, 1.54) is 18.3 Å². The smallest absolute Gasteiger partial charge is 0.261 e. The van der Waals surface area contributed by atoms with Crippen molar-refractivity contribution in [2.75, 3.05) is 6.61 Å². The van der Waals surface area contributed by atoms with E-state index >= 15 is 0 Å². The van der Waals surface area contributed by atoms with Gasteiger partial charge in [0.15, 0.2) is 18.1 Å². The largest absolute Gasteiger partial charge is 0.485 e. The minimum Gasteiger partial charge on any atom is -0.485 e. The molecule has 4 aromatic carbocycles. The van der Waals surface area contributed by atoms with Crippen molar-refractivity contribution in [3.63, 3.8) is 0 Å². The maximum absolute atomic E-state index is 13.0. The molecule has 7 heteroatoms. The van der Waals surface area contributed by atoms with E-state index in [0.29, 0.717) is 24.7 Å². The highest BCUT2D eigenvalue weighted by Gasteiger charge is 2.08. The molecule has 0 spiro atoms. The van der Waals surface area contributed by atoms with Crippen LogP contribution in [0.25, 0.3) is 0 Å². The average molecular weight is 499 g/mol. The number of hydrogen-bond acceptors (Lipinski definition) is 5. The summed E-state index contributed by atoms with van der Waals surface area (Å²) in [6.45, 7) is 0.825. The zero-order valence-electron chi connectivity index (χ0n) is 20.2. The molecule has 0 atom stereocenters. The van der Waals surface area contributed by atoms with E-state index in [1.54, 1.807) is 12.1 Å². The van der Waals surface area contributed by atoms with Crippen molar-refractivity contribution < 1.29 is 23.5 Å². The van der Waals surface area contributed by atoms with Crippen molar-refractivity contribution in [2.24, 2.45) is 5.16 Å². The van der Waals surface area contributed by atoms with Gasteiger partial charge in [-0.05, 0) is 47.0 Å². The quantitative estimate of drug-likeness (QED) is 0.202. The van der Waals surface area contributed by atoms with E-state index in [0.717, 1.165) is 22.3 Å². The van der Waals surface area contributed by atoms with Crippen LogP contribution in [0.5, 0.6) is 11.5 Å². The van der Waals surface area contributed by atoms with Gasteiger partial charge in [0.05, 0.1) is 6.21 Å². The summed E-state index contributed by atoms with van der Waals surface area (Å²) < 4.78 is 25.1. The van der Waals surface area contributed by atoms with Gasteiger partial charge in [-0.1, -0.05) is 78.0 Å². The standard InChI is InChI=1S/C30H27FN2O4/c31-27-14-11-23(12-15-27)18-32-30(34)22-37-33-19-26-13-16-28(35-20-24-7-3-1-4-8-24)29(17-26)36-21-25-9-5-2-6-10-25/h1-17,19H,18,20-22H2,(H,32,34)/b33-19-. The highest BCUT2D eigenvalue weighted by atomic mass is 19.1. The molecule has 0 unspecified atom stereocenters. The van der Waals surface area contributed by atoms with Gasteiger partial charge in [0, 0.05) is 12.1 Å². The molecule has 0 aliphatic carbocycles. The second-order valence-corrected chi connectivity index (χ2v) is 8.17. The maximum atomic E-state index is 13.0. The monoisotopic (exact) mass is 498 g/mol. The maximum Gasteiger partial charge on any atom is 0.261 e. The van der Waals surface area contributed by atoms with E-state index in [1.807, 2.05) is 78.9 Å². The highest BCUT2D eigenvalue weighted by Crippen LogP contribution is 2.29. The fraction of sp³-hybridized carbons (Fsp3) is 0.133. The van der Waals surface area contributed by atoms with E-state index < -0.39 is 0 Å². The van der Waals surface area contributed by atoms with E-state index in [-0.39, 0.29) is 24.9 Å². The Bertz CT molecular complexity index is 1300. The van der Waals surface area contributed by atoms with Crippen molar-refractivity contribution in [3.8, 4) is 11.5 Å². The number of benzene rings is 4. The number of hydrogen-bond donors (Lipinski definition) is 1. The van der Waals surface area contributed by atoms with Gasteiger partial charge in [-0.3, -0.25) is 4.79 Å². The van der Waals surface area contributed by atoms with Crippen LogP contribution in [-0.4, -0.2) is 18.7 Å². The van der Waals surface area contributed by atoms with Gasteiger partial charge in [-0.25, -0.2) is 4.39 Å². The lowest BCUT2D eigenvalue weighted by Crippen LogP contribution is -2.26. The fourth-order valence-electron chi connectivity index (χ4n) is 3.36. The number of nitrogens with zero attached hydrogens (tertiary/aromatic N) is 1. The molecule has 1 amide bonds. The molecular weight excluding hydrogens is 471 g/mol. The molecule has 0 heterocycles. The summed E-state index contributed by atoms with van der Waals surface area (Å²) >= 11 is 0. The lowest BCUT2D eigenvalue weighted by Gasteiger charge is -2.14. The Labute approximate surface area is 215 Å². The summed E-state index contributed by atoms with van der Waals surface area (Å²) in [5.74, 6) is 0.522. The molecule has 6 nitrogen and oxygen atoms in total. The Kier molecular flexibility index (Phi) is 9.24. The summed E-state index contributed by atoms with van der Waals surface area (Å²) in [4.78, 5) is 17.1. The number of carbonyl (C=O) groups is 1. The number of rotatable bonds is 12. The van der Waals surface area contributed by atoms with Crippen molar-refractivity contribution in [1.82, 2.24) is 5.32 Å². The Morgan fingerprint density at radius 2 is 1.38 bits per heavy atom. The molecule has 0 aromatic heterocycles. The number of carbonyl (C=O) groups excluding carboxylic acids is 1. The predicted molar refractivity (Wildman–Crippen MR) is 140 cm³/mol. The molecule has 0 saturated carbocycles. The third-order valence-electron chi connectivity index (χ3n) is 5.32. The molecule has 188 valence electrons. The first-order chi connectivity index (χ1) is 18.2. The Balaban J connectivity index is 1.33. The molecule has 0 aliphatic heterocycles. The van der Waals surface area contributed by atoms with Crippen LogP contribution in [-0.2, 0) is 29.4 Å². The second-order valence-electron chi connectivity index (χ2n) is 8.17. The molecule has 1 N–H and O–H groups in total. The molecule has 0 fully saturated rings. The highest BCUT2D eigenvalue weighted by molar-refractivity contribution is 5.81. The first-order valence-electron chi connectivity index (χ1n) is 11.8. The zero-order valence-corrected chi connectivity index (χ0v) is 20.2. The topological polar surface area (TPSA) is 69.2 Å². The van der Waals surface area contributed by atoms with Gasteiger partial charge in [-0.2, -0.15) is 0 Å². The summed E-state index contributed by atoms with van der Waals surface area (Å²) in [6.07, 6.45) is 1.50. The van der Waals surface area contributed by atoms with Crippen molar-refractivity contribution in [3.05, 3.63) is 131 Å². The van der Waals surface area contributed by atoms with Crippen LogP contribution >= 0.6 is 0 Å². The Morgan fingerprint density at radius 3 is 2.03 bits per heavy atom. The first-order valence-corrected chi connectivity index (χ1v) is 11.8. The predicted octanol–water partition coefficient (Wildman–Crippen LogP) is 5.65. The van der Waals surface area contributed by atoms with Crippen LogP contribution < -0.4 is 14.8 Å². The number of oxime groups is 1. The zero-order chi connectivity index (χ0) is 25.7. The number of amides is 1. The summed E-state index contributed by atoms with van der Waals surface area (Å²) in [6, 6.07) is 31.1. The minimum atomic E-state index is -0.335. The number of halogens is 1. The number of ether oxygens (including phenoxy) is 2. The van der Waals surface area contributed by atoms with E-state index in [4.69, 9.17) is 14.3 Å². The van der Waals surface area contributed by atoms with Gasteiger partial charge >= 0.3 is 0 Å². The van der Waals surface area contributed by atoms with Gasteiger partial charge in [0.1, 0.15) is 19.0 Å². The Hall–Kier alpha value is -4.65. The Morgan fingerprint density at radius 1 is 0.757 bits per heavy atom. The molecule has 4 rings (SSSR count). The summed E-state index contributed by atoms with van der Waals surface area (Å²) in [7, 11) is 0. The van der Waals surface area contributed by atoms with Gasteiger partial charge in [0.2, 0.25) is 0 Å². The van der Waals surface area contributed by atoms with Gasteiger partial charge in [0.25, 0.3) is 5.91 Å².